The number of aromatic amines is 1. The molecule has 3 rings (SSSR count). The van der Waals surface area contributed by atoms with Gasteiger partial charge in [-0.05, 0) is 34.8 Å². The van der Waals surface area contributed by atoms with Crippen molar-refractivity contribution >= 4 is 21.8 Å². The van der Waals surface area contributed by atoms with Crippen molar-refractivity contribution in [3.8, 4) is 0 Å². The second-order valence-corrected chi connectivity index (χ2v) is 6.01. The van der Waals surface area contributed by atoms with Gasteiger partial charge in [0.1, 0.15) is 17.8 Å². The highest BCUT2D eigenvalue weighted by molar-refractivity contribution is 9.10. The summed E-state index contributed by atoms with van der Waals surface area (Å²) in [4.78, 5) is 17.2. The quantitative estimate of drug-likeness (QED) is 0.910. The highest BCUT2D eigenvalue weighted by Gasteiger charge is 2.27. The van der Waals surface area contributed by atoms with Crippen LogP contribution in [0.15, 0.2) is 23.1 Å². The Morgan fingerprint density at radius 2 is 2.20 bits per heavy atom. The first-order valence-corrected chi connectivity index (χ1v) is 7.41. The number of H-pyrrole nitrogens is 1. The molecule has 0 bridgehead atoms. The summed E-state index contributed by atoms with van der Waals surface area (Å²) in [5.41, 5.74) is 0.633. The van der Waals surface area contributed by atoms with Crippen molar-refractivity contribution in [2.24, 2.45) is 7.05 Å². The Bertz CT molecular complexity index is 612. The lowest BCUT2D eigenvalue weighted by Gasteiger charge is -2.31. The lowest BCUT2D eigenvalue weighted by Crippen LogP contribution is -2.38. The average Bonchev–Trinajstić information content (AvgIpc) is 3.07. The molecule has 0 atom stereocenters. The van der Waals surface area contributed by atoms with Crippen molar-refractivity contribution in [3.63, 3.8) is 0 Å². The van der Waals surface area contributed by atoms with Crippen molar-refractivity contribution < 1.29 is 4.79 Å². The van der Waals surface area contributed by atoms with Crippen LogP contribution in [0.25, 0.3) is 0 Å². The molecule has 0 aromatic carbocycles. The van der Waals surface area contributed by atoms with E-state index in [-0.39, 0.29) is 5.91 Å². The summed E-state index contributed by atoms with van der Waals surface area (Å²) < 4.78 is 2.86. The maximum Gasteiger partial charge on any atom is 0.270 e. The van der Waals surface area contributed by atoms with Crippen LogP contribution in [0.1, 0.15) is 35.1 Å². The maximum atomic E-state index is 12.3. The lowest BCUT2D eigenvalue weighted by molar-refractivity contribution is 0.0705. The molecule has 6 nitrogen and oxygen atoms in total. The van der Waals surface area contributed by atoms with Gasteiger partial charge < -0.3 is 14.5 Å². The van der Waals surface area contributed by atoms with Gasteiger partial charge in [0.2, 0.25) is 0 Å². The van der Waals surface area contributed by atoms with E-state index in [1.54, 1.807) is 12.5 Å². The molecule has 7 heteroatoms. The van der Waals surface area contributed by atoms with Gasteiger partial charge >= 0.3 is 0 Å². The zero-order valence-corrected chi connectivity index (χ0v) is 12.8. The van der Waals surface area contributed by atoms with Gasteiger partial charge in [-0.25, -0.2) is 0 Å². The smallest absolute Gasteiger partial charge is 0.270 e. The van der Waals surface area contributed by atoms with Gasteiger partial charge in [-0.15, -0.1) is 10.2 Å². The fourth-order valence-electron chi connectivity index (χ4n) is 2.66. The summed E-state index contributed by atoms with van der Waals surface area (Å²) in [6.07, 6.45) is 5.36. The number of carbonyl (C=O) groups excluding carboxylic acids is 1. The molecular weight excluding hydrogens is 322 g/mol. The molecule has 3 heterocycles. The summed E-state index contributed by atoms with van der Waals surface area (Å²) in [6.45, 7) is 1.51. The molecule has 2 aromatic rings. The van der Waals surface area contributed by atoms with Crippen LogP contribution in [-0.4, -0.2) is 43.6 Å². The standard InChI is InChI=1S/C13H16BrN5O/c1-18-8-16-17-12(18)9-2-4-19(5-3-9)13(20)11-6-10(14)7-15-11/h6-9,15H,2-5H2,1H3. The molecular formula is C13H16BrN5O. The summed E-state index contributed by atoms with van der Waals surface area (Å²) in [5.74, 6) is 1.47. The molecule has 1 saturated heterocycles. The summed E-state index contributed by atoms with van der Waals surface area (Å²) in [7, 11) is 1.96. The van der Waals surface area contributed by atoms with Gasteiger partial charge in [-0.2, -0.15) is 0 Å². The Labute approximate surface area is 125 Å². The van der Waals surface area contributed by atoms with Crippen LogP contribution in [0.2, 0.25) is 0 Å². The highest BCUT2D eigenvalue weighted by atomic mass is 79.9. The summed E-state index contributed by atoms with van der Waals surface area (Å²) in [5, 5.41) is 8.09. The number of carbonyl (C=O) groups is 1. The number of piperidine rings is 1. The fraction of sp³-hybridized carbons (Fsp3) is 0.462. The minimum absolute atomic E-state index is 0.0621. The molecule has 0 aliphatic carbocycles. The number of hydrogen-bond donors (Lipinski definition) is 1. The zero-order chi connectivity index (χ0) is 14.1. The van der Waals surface area contributed by atoms with E-state index in [0.717, 1.165) is 36.2 Å². The second-order valence-electron chi connectivity index (χ2n) is 5.10. The van der Waals surface area contributed by atoms with Crippen molar-refractivity contribution in [1.29, 1.82) is 0 Å². The third-order valence-electron chi connectivity index (χ3n) is 3.77. The van der Waals surface area contributed by atoms with Gasteiger partial charge in [0.15, 0.2) is 0 Å². The normalized spacial score (nSPS) is 16.6. The van der Waals surface area contributed by atoms with Crippen molar-refractivity contribution in [2.45, 2.75) is 18.8 Å². The van der Waals surface area contributed by atoms with Crippen molar-refractivity contribution in [3.05, 3.63) is 34.6 Å². The largest absolute Gasteiger partial charge is 0.356 e. The Kier molecular flexibility index (Phi) is 3.60. The molecule has 1 aliphatic rings. The van der Waals surface area contributed by atoms with Crippen LogP contribution in [0, 0.1) is 0 Å². The monoisotopic (exact) mass is 337 g/mol. The number of rotatable bonds is 2. The van der Waals surface area contributed by atoms with E-state index in [9.17, 15) is 4.79 Å². The first-order chi connectivity index (χ1) is 9.65. The van der Waals surface area contributed by atoms with Crippen molar-refractivity contribution in [2.75, 3.05) is 13.1 Å². The number of halogens is 1. The van der Waals surface area contributed by atoms with E-state index in [1.165, 1.54) is 0 Å². The Hall–Kier alpha value is -1.63. The number of amides is 1. The van der Waals surface area contributed by atoms with E-state index in [2.05, 4.69) is 31.1 Å². The number of aryl methyl sites for hydroxylation is 1. The fourth-order valence-corrected chi connectivity index (χ4v) is 3.01. The third-order valence-corrected chi connectivity index (χ3v) is 4.23. The van der Waals surface area contributed by atoms with Crippen LogP contribution in [0.5, 0.6) is 0 Å². The maximum absolute atomic E-state index is 12.3. The zero-order valence-electron chi connectivity index (χ0n) is 11.2. The number of hydrogen-bond acceptors (Lipinski definition) is 3. The third kappa shape index (κ3) is 2.49. The summed E-state index contributed by atoms with van der Waals surface area (Å²) in [6, 6.07) is 1.82. The number of nitrogens with zero attached hydrogens (tertiary/aromatic N) is 4. The molecule has 20 heavy (non-hydrogen) atoms. The van der Waals surface area contributed by atoms with Crippen LogP contribution < -0.4 is 0 Å². The number of likely N-dealkylation sites (tertiary alicyclic amines) is 1. The molecule has 0 saturated carbocycles. The molecule has 1 amide bonds. The van der Waals surface area contributed by atoms with E-state index in [4.69, 9.17) is 0 Å². The lowest BCUT2D eigenvalue weighted by atomic mass is 9.96. The van der Waals surface area contributed by atoms with Gasteiger partial charge in [-0.1, -0.05) is 0 Å². The first kappa shape index (κ1) is 13.4. The molecule has 1 fully saturated rings. The predicted octanol–water partition coefficient (Wildman–Crippen LogP) is 1.93. The molecule has 0 spiro atoms. The Balaban J connectivity index is 1.64. The Morgan fingerprint density at radius 3 is 2.75 bits per heavy atom. The SMILES string of the molecule is Cn1cnnc1C1CCN(C(=O)c2cc(Br)c[nH]2)CC1. The minimum Gasteiger partial charge on any atom is -0.356 e. The van der Waals surface area contributed by atoms with Gasteiger partial charge in [0, 0.05) is 36.7 Å². The molecule has 106 valence electrons. The van der Waals surface area contributed by atoms with Gasteiger partial charge in [0.05, 0.1) is 0 Å². The van der Waals surface area contributed by atoms with E-state index < -0.39 is 0 Å². The molecule has 2 aromatic heterocycles. The van der Waals surface area contributed by atoms with E-state index in [1.807, 2.05) is 22.6 Å². The van der Waals surface area contributed by atoms with Crippen molar-refractivity contribution in [1.82, 2.24) is 24.6 Å². The number of aromatic nitrogens is 4. The number of nitrogens with one attached hydrogen (secondary N) is 1. The van der Waals surface area contributed by atoms with Gasteiger partial charge in [0.25, 0.3) is 5.91 Å². The summed E-state index contributed by atoms with van der Waals surface area (Å²) >= 11 is 3.35. The van der Waals surface area contributed by atoms with Crippen LogP contribution in [-0.2, 0) is 7.05 Å². The molecule has 0 unspecified atom stereocenters. The van der Waals surface area contributed by atoms with Crippen LogP contribution in [0.3, 0.4) is 0 Å². The first-order valence-electron chi connectivity index (χ1n) is 6.62. The average molecular weight is 338 g/mol. The van der Waals surface area contributed by atoms with E-state index >= 15 is 0 Å². The second kappa shape index (κ2) is 5.40. The van der Waals surface area contributed by atoms with E-state index in [0.29, 0.717) is 11.6 Å². The van der Waals surface area contributed by atoms with Crippen LogP contribution >= 0.6 is 15.9 Å². The minimum atomic E-state index is 0.0621. The van der Waals surface area contributed by atoms with Crippen LogP contribution in [0.4, 0.5) is 0 Å². The van der Waals surface area contributed by atoms with Gasteiger partial charge in [-0.3, -0.25) is 4.79 Å². The predicted molar refractivity (Wildman–Crippen MR) is 77.4 cm³/mol. The molecule has 1 aliphatic heterocycles. The molecule has 0 radical (unpaired) electrons. The Morgan fingerprint density at radius 1 is 1.45 bits per heavy atom. The topological polar surface area (TPSA) is 66.8 Å². The molecule has 1 N–H and O–H groups in total. The highest BCUT2D eigenvalue weighted by Crippen LogP contribution is 2.27.